The highest BCUT2D eigenvalue weighted by Gasteiger charge is 2.04. The number of nitrogens with one attached hydrogen (secondary N) is 2. The molecule has 0 atom stereocenters. The van der Waals surface area contributed by atoms with Crippen molar-refractivity contribution in [2.45, 2.75) is 26.5 Å². The number of aliphatic imine (C=N–C) groups is 1. The van der Waals surface area contributed by atoms with Gasteiger partial charge in [-0.3, -0.25) is 0 Å². The molecule has 0 aliphatic heterocycles. The fourth-order valence-electron chi connectivity index (χ4n) is 2.03. The first kappa shape index (κ1) is 22.2. The second-order valence-electron chi connectivity index (χ2n) is 5.47. The van der Waals surface area contributed by atoms with E-state index in [0.29, 0.717) is 32.3 Å². The van der Waals surface area contributed by atoms with Gasteiger partial charge in [0.1, 0.15) is 24.7 Å². The van der Waals surface area contributed by atoms with Gasteiger partial charge >= 0.3 is 0 Å². The lowest BCUT2D eigenvalue weighted by Crippen LogP contribution is -2.38. The summed E-state index contributed by atoms with van der Waals surface area (Å²) in [5.41, 5.74) is 0. The van der Waals surface area contributed by atoms with Crippen molar-refractivity contribution in [3.8, 4) is 0 Å². The minimum absolute atomic E-state index is 0. The lowest BCUT2D eigenvalue weighted by molar-refractivity contribution is 0.105. The molecule has 9 heteroatoms. The van der Waals surface area contributed by atoms with Crippen LogP contribution in [-0.2, 0) is 24.9 Å². The molecule has 2 aromatic rings. The molecule has 0 aliphatic carbocycles. The Morgan fingerprint density at radius 2 is 2.27 bits per heavy atom. The molecule has 0 unspecified atom stereocenters. The van der Waals surface area contributed by atoms with E-state index in [4.69, 9.17) is 9.15 Å². The van der Waals surface area contributed by atoms with Crippen LogP contribution in [0.5, 0.6) is 0 Å². The van der Waals surface area contributed by atoms with Crippen LogP contribution in [0.1, 0.15) is 23.8 Å². The molecule has 0 spiro atoms. The summed E-state index contributed by atoms with van der Waals surface area (Å²) in [6.07, 6.45) is 4.29. The quantitative estimate of drug-likeness (QED) is 0.180. The van der Waals surface area contributed by atoms with Gasteiger partial charge in [-0.1, -0.05) is 6.08 Å². The van der Waals surface area contributed by atoms with Crippen LogP contribution >= 0.6 is 24.0 Å². The number of hydrogen-bond donors (Lipinski definition) is 2. The first-order valence-electron chi connectivity index (χ1n) is 8.28. The summed E-state index contributed by atoms with van der Waals surface area (Å²) >= 11 is 0. The van der Waals surface area contributed by atoms with Crippen molar-refractivity contribution >= 4 is 29.9 Å². The number of aryl methyl sites for hydroxylation is 1. The Bertz CT molecular complexity index is 669. The number of nitrogens with zero attached hydrogens (tertiary/aromatic N) is 4. The van der Waals surface area contributed by atoms with E-state index < -0.39 is 0 Å². The number of aromatic nitrogens is 3. The van der Waals surface area contributed by atoms with Crippen LogP contribution in [0.25, 0.3) is 0 Å². The summed E-state index contributed by atoms with van der Waals surface area (Å²) in [5.74, 6) is 3.24. The fraction of sp³-hybridized carbons (Fsp3) is 0.471. The Kier molecular flexibility index (Phi) is 10.6. The zero-order valence-corrected chi connectivity index (χ0v) is 17.6. The van der Waals surface area contributed by atoms with Gasteiger partial charge in [-0.05, 0) is 25.5 Å². The molecule has 0 fully saturated rings. The maximum absolute atomic E-state index is 5.56. The van der Waals surface area contributed by atoms with Crippen LogP contribution in [0.4, 0.5) is 0 Å². The Morgan fingerprint density at radius 3 is 2.92 bits per heavy atom. The lowest BCUT2D eigenvalue weighted by atomic mass is 10.4. The van der Waals surface area contributed by atoms with E-state index in [1.165, 1.54) is 0 Å². The number of ether oxygens (including phenoxy) is 1. The zero-order valence-electron chi connectivity index (χ0n) is 15.3. The largest absolute Gasteiger partial charge is 0.467 e. The second kappa shape index (κ2) is 12.5. The summed E-state index contributed by atoms with van der Waals surface area (Å²) < 4.78 is 12.7. The normalized spacial score (nSPS) is 11.1. The molecule has 0 aliphatic rings. The molecular formula is C17H27IN6O2. The van der Waals surface area contributed by atoms with E-state index in [2.05, 4.69) is 32.4 Å². The molecule has 8 nitrogen and oxygen atoms in total. The Labute approximate surface area is 171 Å². The van der Waals surface area contributed by atoms with E-state index in [-0.39, 0.29) is 24.0 Å². The zero-order chi connectivity index (χ0) is 17.9. The minimum Gasteiger partial charge on any atom is -0.467 e. The molecule has 144 valence electrons. The maximum atomic E-state index is 5.56. The van der Waals surface area contributed by atoms with Crippen LogP contribution in [0.15, 0.2) is 40.5 Å². The Balaban J connectivity index is 0.00000338. The Hall–Kier alpha value is -1.88. The third-order valence-electron chi connectivity index (χ3n) is 3.56. The summed E-state index contributed by atoms with van der Waals surface area (Å²) in [4.78, 5) is 4.53. The number of rotatable bonds is 10. The number of hydrogen-bond acceptors (Lipinski definition) is 5. The topological polar surface area (TPSA) is 89.5 Å². The van der Waals surface area contributed by atoms with Gasteiger partial charge in [0.15, 0.2) is 11.8 Å². The van der Waals surface area contributed by atoms with Crippen molar-refractivity contribution in [2.75, 3.05) is 19.7 Å². The van der Waals surface area contributed by atoms with Gasteiger partial charge in [-0.15, -0.1) is 40.8 Å². The van der Waals surface area contributed by atoms with Gasteiger partial charge in [0, 0.05) is 26.7 Å². The van der Waals surface area contributed by atoms with Crippen molar-refractivity contribution in [1.29, 1.82) is 0 Å². The van der Waals surface area contributed by atoms with Crippen LogP contribution in [0.2, 0.25) is 0 Å². The molecule has 2 aromatic heterocycles. The van der Waals surface area contributed by atoms with E-state index in [0.717, 1.165) is 30.4 Å². The number of guanidine groups is 1. The van der Waals surface area contributed by atoms with Crippen LogP contribution in [-0.4, -0.2) is 40.4 Å². The van der Waals surface area contributed by atoms with E-state index in [1.54, 1.807) is 12.3 Å². The number of furan rings is 1. The van der Waals surface area contributed by atoms with E-state index in [1.807, 2.05) is 30.7 Å². The summed E-state index contributed by atoms with van der Waals surface area (Å²) in [6.45, 7) is 8.61. The smallest absolute Gasteiger partial charge is 0.191 e. The van der Waals surface area contributed by atoms with E-state index >= 15 is 0 Å². The van der Waals surface area contributed by atoms with Gasteiger partial charge in [0.2, 0.25) is 0 Å². The standard InChI is InChI=1S/C17H26N6O2.HI/c1-4-8-18-17(20-12-16-22-21-14(2)23(16)3)19-9-6-10-24-13-15-7-5-11-25-15;/h4-5,7,11H,1,6,8-10,12-13H2,2-3H3,(H2,18,19,20);1H. The van der Waals surface area contributed by atoms with Crippen LogP contribution < -0.4 is 10.6 Å². The van der Waals surface area contributed by atoms with Crippen LogP contribution in [0.3, 0.4) is 0 Å². The van der Waals surface area contributed by atoms with Gasteiger partial charge < -0.3 is 24.4 Å². The van der Waals surface area contributed by atoms with Gasteiger partial charge in [0.05, 0.1) is 6.26 Å². The molecular weight excluding hydrogens is 447 g/mol. The third kappa shape index (κ3) is 7.56. The van der Waals surface area contributed by atoms with Crippen LogP contribution in [0, 0.1) is 6.92 Å². The molecule has 0 amide bonds. The van der Waals surface area contributed by atoms with Crippen molar-refractivity contribution in [1.82, 2.24) is 25.4 Å². The predicted octanol–water partition coefficient (Wildman–Crippen LogP) is 2.16. The summed E-state index contributed by atoms with van der Waals surface area (Å²) in [6, 6.07) is 3.75. The lowest BCUT2D eigenvalue weighted by Gasteiger charge is -2.11. The third-order valence-corrected chi connectivity index (χ3v) is 3.56. The maximum Gasteiger partial charge on any atom is 0.191 e. The van der Waals surface area contributed by atoms with Crippen molar-refractivity contribution < 1.29 is 9.15 Å². The fourth-order valence-corrected chi connectivity index (χ4v) is 2.03. The first-order chi connectivity index (χ1) is 12.2. The molecule has 2 N–H and O–H groups in total. The molecule has 2 rings (SSSR count). The SMILES string of the molecule is C=CCNC(=NCc1nnc(C)n1C)NCCCOCc1ccco1.I. The highest BCUT2D eigenvalue weighted by atomic mass is 127. The minimum atomic E-state index is 0. The van der Waals surface area contributed by atoms with Crippen molar-refractivity contribution in [2.24, 2.45) is 12.0 Å². The second-order valence-corrected chi connectivity index (χ2v) is 5.47. The molecule has 0 saturated carbocycles. The molecule has 0 saturated heterocycles. The summed E-state index contributed by atoms with van der Waals surface area (Å²) in [5, 5.41) is 14.6. The summed E-state index contributed by atoms with van der Waals surface area (Å²) in [7, 11) is 1.93. The average Bonchev–Trinajstić information content (AvgIpc) is 3.24. The average molecular weight is 474 g/mol. The first-order valence-corrected chi connectivity index (χ1v) is 8.28. The number of halogens is 1. The monoisotopic (exact) mass is 474 g/mol. The van der Waals surface area contributed by atoms with Crippen molar-refractivity contribution in [3.63, 3.8) is 0 Å². The molecule has 2 heterocycles. The van der Waals surface area contributed by atoms with Gasteiger partial charge in [0.25, 0.3) is 0 Å². The van der Waals surface area contributed by atoms with E-state index in [9.17, 15) is 0 Å². The van der Waals surface area contributed by atoms with Gasteiger partial charge in [-0.25, -0.2) is 4.99 Å². The molecule has 0 radical (unpaired) electrons. The molecule has 0 aromatic carbocycles. The Morgan fingerprint density at radius 1 is 1.42 bits per heavy atom. The highest BCUT2D eigenvalue weighted by molar-refractivity contribution is 14.0. The predicted molar refractivity (Wildman–Crippen MR) is 111 cm³/mol. The van der Waals surface area contributed by atoms with Crippen molar-refractivity contribution in [3.05, 3.63) is 48.5 Å². The molecule has 26 heavy (non-hydrogen) atoms. The van der Waals surface area contributed by atoms with Gasteiger partial charge in [-0.2, -0.15) is 0 Å². The molecule has 0 bridgehead atoms. The highest BCUT2D eigenvalue weighted by Crippen LogP contribution is 2.02.